The summed E-state index contributed by atoms with van der Waals surface area (Å²) in [6, 6.07) is 42.4. The summed E-state index contributed by atoms with van der Waals surface area (Å²) in [7, 11) is 0. The van der Waals surface area contributed by atoms with Crippen molar-refractivity contribution < 1.29 is 4.42 Å². The number of aryl methyl sites for hydroxylation is 1. The van der Waals surface area contributed by atoms with Crippen molar-refractivity contribution in [1.82, 2.24) is 4.57 Å². The summed E-state index contributed by atoms with van der Waals surface area (Å²) in [5.41, 5.74) is 18.4. The molecule has 0 saturated heterocycles. The highest BCUT2D eigenvalue weighted by Crippen LogP contribution is 2.58. The molecule has 3 nitrogen and oxygen atoms in total. The Morgan fingerprint density at radius 1 is 0.688 bits per heavy atom. The Balaban J connectivity index is 1.19. The SMILES string of the molecule is CC1(C)C2=C(CCc3c2n(C2=CC=C4c5ccccc5N(c5ccccc5)C4C2)c2cc4oc5ccccc5c4cc32)c2ccccc21. The molecule has 230 valence electrons. The standard InChI is InChI=1S/C45H34N2O/c1-45(2)37-17-9-6-14-29(37)33-22-23-34-35-25-36-32-16-8-11-19-41(32)48-42(36)26-40(35)47(44(34)43(33)45)28-20-21-31-30-15-7-10-18-38(30)46(39(31)24-28)27-12-4-3-5-13-27/h3-21,25-26,39H,22-24H2,1-2H3. The van der Waals surface area contributed by atoms with Crippen LogP contribution in [-0.4, -0.2) is 10.6 Å². The highest BCUT2D eigenvalue weighted by atomic mass is 16.3. The predicted octanol–water partition coefficient (Wildman–Crippen LogP) is 11.5. The molecule has 0 amide bonds. The van der Waals surface area contributed by atoms with E-state index >= 15 is 0 Å². The van der Waals surface area contributed by atoms with E-state index in [2.05, 4.69) is 151 Å². The number of para-hydroxylation sites is 3. The van der Waals surface area contributed by atoms with E-state index in [4.69, 9.17) is 4.42 Å². The van der Waals surface area contributed by atoms with Gasteiger partial charge in [0.25, 0.3) is 0 Å². The van der Waals surface area contributed by atoms with Crippen LogP contribution >= 0.6 is 0 Å². The molecule has 0 fully saturated rings. The molecule has 0 spiro atoms. The molecule has 1 aliphatic heterocycles. The van der Waals surface area contributed by atoms with Gasteiger partial charge in [0.05, 0.1) is 17.3 Å². The van der Waals surface area contributed by atoms with Crippen LogP contribution in [0.1, 0.15) is 54.6 Å². The van der Waals surface area contributed by atoms with Gasteiger partial charge in [-0.1, -0.05) is 98.8 Å². The molecule has 0 bridgehead atoms. The zero-order chi connectivity index (χ0) is 31.7. The fourth-order valence-electron chi connectivity index (χ4n) is 9.61. The number of hydrogen-bond acceptors (Lipinski definition) is 2. The van der Waals surface area contributed by atoms with Crippen LogP contribution in [0.5, 0.6) is 0 Å². The molecular weight excluding hydrogens is 585 g/mol. The Labute approximate surface area is 279 Å². The molecule has 0 radical (unpaired) electrons. The third-order valence-electron chi connectivity index (χ3n) is 11.6. The summed E-state index contributed by atoms with van der Waals surface area (Å²) in [4.78, 5) is 2.56. The number of allylic oxidation sites excluding steroid dienone is 4. The molecule has 2 aromatic heterocycles. The third kappa shape index (κ3) is 3.33. The van der Waals surface area contributed by atoms with Crippen molar-refractivity contribution in [2.75, 3.05) is 4.90 Å². The Kier molecular flexibility index (Phi) is 5.13. The molecule has 7 aromatic rings. The topological polar surface area (TPSA) is 21.3 Å². The van der Waals surface area contributed by atoms with Crippen molar-refractivity contribution in [2.45, 2.75) is 44.6 Å². The van der Waals surface area contributed by atoms with Crippen molar-refractivity contribution >= 4 is 66.6 Å². The average Bonchev–Trinajstić information content (AvgIpc) is 3.82. The average molecular weight is 619 g/mol. The second-order valence-electron chi connectivity index (χ2n) is 14.4. The number of fused-ring (bicyclic) bond motifs is 12. The number of benzene rings is 5. The lowest BCUT2D eigenvalue weighted by atomic mass is 9.76. The van der Waals surface area contributed by atoms with Crippen LogP contribution < -0.4 is 4.90 Å². The zero-order valence-electron chi connectivity index (χ0n) is 27.1. The summed E-state index contributed by atoms with van der Waals surface area (Å²) < 4.78 is 9.17. The molecular formula is C45H34N2O. The molecule has 5 aromatic carbocycles. The van der Waals surface area contributed by atoms with E-state index in [9.17, 15) is 0 Å². The van der Waals surface area contributed by atoms with Gasteiger partial charge >= 0.3 is 0 Å². The van der Waals surface area contributed by atoms with Gasteiger partial charge in [-0.3, -0.25) is 0 Å². The van der Waals surface area contributed by atoms with Gasteiger partial charge in [0, 0.05) is 56.7 Å². The van der Waals surface area contributed by atoms with Crippen molar-refractivity contribution in [3.8, 4) is 0 Å². The molecule has 0 N–H and O–H groups in total. The fraction of sp³-hybridized carbons (Fsp3) is 0.156. The summed E-state index contributed by atoms with van der Waals surface area (Å²) in [5.74, 6) is 0. The van der Waals surface area contributed by atoms with Crippen LogP contribution in [0.15, 0.2) is 132 Å². The number of anilines is 2. The monoisotopic (exact) mass is 618 g/mol. The van der Waals surface area contributed by atoms with E-state index in [1.54, 1.807) is 0 Å². The number of hydrogen-bond donors (Lipinski definition) is 0. The lowest BCUT2D eigenvalue weighted by Crippen LogP contribution is -2.29. The van der Waals surface area contributed by atoms with E-state index in [-0.39, 0.29) is 11.5 Å². The molecule has 3 heterocycles. The minimum Gasteiger partial charge on any atom is -0.456 e. The number of nitrogens with zero attached hydrogens (tertiary/aromatic N) is 2. The van der Waals surface area contributed by atoms with Crippen molar-refractivity contribution in [3.63, 3.8) is 0 Å². The van der Waals surface area contributed by atoms with Crippen LogP contribution in [0.25, 0.3) is 55.3 Å². The van der Waals surface area contributed by atoms with Gasteiger partial charge in [-0.25, -0.2) is 0 Å². The van der Waals surface area contributed by atoms with Gasteiger partial charge < -0.3 is 13.9 Å². The summed E-state index contributed by atoms with van der Waals surface area (Å²) in [6.07, 6.45) is 7.80. The first-order chi connectivity index (χ1) is 23.6. The quantitative estimate of drug-likeness (QED) is 0.192. The predicted molar refractivity (Wildman–Crippen MR) is 199 cm³/mol. The van der Waals surface area contributed by atoms with Crippen LogP contribution in [0.4, 0.5) is 11.4 Å². The van der Waals surface area contributed by atoms with Gasteiger partial charge in [-0.05, 0) is 82.7 Å². The maximum atomic E-state index is 6.53. The van der Waals surface area contributed by atoms with Gasteiger partial charge in [0.15, 0.2) is 0 Å². The Bertz CT molecular complexity index is 2620. The maximum absolute atomic E-state index is 6.53. The highest BCUT2D eigenvalue weighted by molar-refractivity contribution is 6.14. The maximum Gasteiger partial charge on any atom is 0.137 e. The molecule has 1 atom stereocenters. The van der Waals surface area contributed by atoms with Gasteiger partial charge in [-0.2, -0.15) is 0 Å². The summed E-state index contributed by atoms with van der Waals surface area (Å²) in [5, 5.41) is 3.74. The normalized spacial score (nSPS) is 18.9. The van der Waals surface area contributed by atoms with E-state index in [1.165, 1.54) is 83.4 Å². The summed E-state index contributed by atoms with van der Waals surface area (Å²) in [6.45, 7) is 4.87. The Hall–Kier alpha value is -5.54. The number of furan rings is 1. The number of rotatable bonds is 2. The molecule has 4 aliphatic rings. The highest BCUT2D eigenvalue weighted by Gasteiger charge is 2.44. The lowest BCUT2D eigenvalue weighted by molar-refractivity contribution is 0.669. The second-order valence-corrected chi connectivity index (χ2v) is 14.4. The molecule has 1 unspecified atom stereocenters. The molecule has 3 heteroatoms. The summed E-state index contributed by atoms with van der Waals surface area (Å²) >= 11 is 0. The molecule has 48 heavy (non-hydrogen) atoms. The first-order valence-electron chi connectivity index (χ1n) is 17.3. The van der Waals surface area contributed by atoms with Crippen LogP contribution in [0.2, 0.25) is 0 Å². The first kappa shape index (κ1) is 26.5. The number of aromatic nitrogens is 1. The van der Waals surface area contributed by atoms with E-state index < -0.39 is 0 Å². The van der Waals surface area contributed by atoms with Gasteiger partial charge in [0.2, 0.25) is 0 Å². The lowest BCUT2D eigenvalue weighted by Gasteiger charge is -2.33. The smallest absolute Gasteiger partial charge is 0.137 e. The van der Waals surface area contributed by atoms with E-state index in [1.807, 2.05) is 0 Å². The molecule has 0 saturated carbocycles. The zero-order valence-corrected chi connectivity index (χ0v) is 27.1. The Morgan fingerprint density at radius 3 is 2.35 bits per heavy atom. The van der Waals surface area contributed by atoms with E-state index in [0.29, 0.717) is 0 Å². The van der Waals surface area contributed by atoms with Crippen LogP contribution in [0, 0.1) is 0 Å². The van der Waals surface area contributed by atoms with Crippen molar-refractivity contribution in [1.29, 1.82) is 0 Å². The molecule has 3 aliphatic carbocycles. The largest absolute Gasteiger partial charge is 0.456 e. The van der Waals surface area contributed by atoms with Crippen molar-refractivity contribution in [3.05, 3.63) is 155 Å². The minimum atomic E-state index is -0.102. The van der Waals surface area contributed by atoms with Crippen LogP contribution in [0.3, 0.4) is 0 Å². The molecule has 11 rings (SSSR count). The minimum absolute atomic E-state index is 0.102. The van der Waals surface area contributed by atoms with E-state index in [0.717, 1.165) is 30.4 Å². The Morgan fingerprint density at radius 2 is 1.46 bits per heavy atom. The van der Waals surface area contributed by atoms with Gasteiger partial charge in [-0.15, -0.1) is 0 Å². The third-order valence-corrected chi connectivity index (χ3v) is 11.6. The second kappa shape index (κ2) is 9.29. The van der Waals surface area contributed by atoms with Crippen molar-refractivity contribution in [2.24, 2.45) is 0 Å². The van der Waals surface area contributed by atoms with Crippen LogP contribution in [-0.2, 0) is 11.8 Å². The first-order valence-corrected chi connectivity index (χ1v) is 17.3. The van der Waals surface area contributed by atoms with Gasteiger partial charge in [0.1, 0.15) is 11.2 Å². The fourth-order valence-corrected chi connectivity index (χ4v) is 9.61.